The number of ether oxygens (including phenoxy) is 1. The van der Waals surface area contributed by atoms with Crippen molar-refractivity contribution in [1.82, 2.24) is 0 Å². The number of anilines is 2. The summed E-state index contributed by atoms with van der Waals surface area (Å²) in [5, 5.41) is 0.145. The molecule has 0 atom stereocenters. The molecule has 1 heterocycles. The minimum Gasteiger partial charge on any atom is -0.496 e. The van der Waals surface area contributed by atoms with Gasteiger partial charge in [0.25, 0.3) is 10.0 Å². The maximum Gasteiger partial charge on any atom is 0.343 e. The van der Waals surface area contributed by atoms with Crippen molar-refractivity contribution < 1.29 is 22.3 Å². The number of amides is 2. The summed E-state index contributed by atoms with van der Waals surface area (Å²) in [4.78, 5) is 14.7. The Morgan fingerprint density at radius 2 is 1.69 bits per heavy atom. The number of benzene rings is 3. The zero-order valence-corrected chi connectivity index (χ0v) is 19.2. The summed E-state index contributed by atoms with van der Waals surface area (Å²) in [5.41, 5.74) is 1.78. The molecule has 0 saturated carbocycles. The number of methoxy groups -OCH3 is 1. The fourth-order valence-corrected chi connectivity index (χ4v) is 5.72. The van der Waals surface area contributed by atoms with E-state index in [1.807, 2.05) is 0 Å². The minimum atomic E-state index is -4.21. The van der Waals surface area contributed by atoms with Gasteiger partial charge >= 0.3 is 6.03 Å². The molecule has 0 N–H and O–H groups in total. The van der Waals surface area contributed by atoms with Crippen LogP contribution in [0.4, 0.5) is 20.6 Å². The summed E-state index contributed by atoms with van der Waals surface area (Å²) < 4.78 is 47.5. The van der Waals surface area contributed by atoms with E-state index >= 15 is 0 Å². The van der Waals surface area contributed by atoms with Gasteiger partial charge in [0.15, 0.2) is 0 Å². The van der Waals surface area contributed by atoms with Gasteiger partial charge in [-0.25, -0.2) is 17.6 Å². The normalized spacial score (nSPS) is 15.0. The Balaban J connectivity index is 1.91. The van der Waals surface area contributed by atoms with E-state index in [1.54, 1.807) is 38.1 Å². The van der Waals surface area contributed by atoms with Crippen LogP contribution in [0.5, 0.6) is 5.75 Å². The lowest BCUT2D eigenvalue weighted by Gasteiger charge is -2.36. The van der Waals surface area contributed by atoms with Gasteiger partial charge < -0.3 is 4.74 Å². The van der Waals surface area contributed by atoms with Crippen molar-refractivity contribution >= 4 is 39.0 Å². The Hall–Kier alpha value is -3.10. The number of carbonyl (C=O) groups excluding carboxylic acids is 1. The molecule has 1 aliphatic rings. The highest BCUT2D eigenvalue weighted by Gasteiger charge is 2.43. The number of halogens is 2. The molecule has 3 aromatic rings. The monoisotopic (exact) mass is 474 g/mol. The fraction of sp³-hybridized carbons (Fsp3) is 0.174. The van der Waals surface area contributed by atoms with Gasteiger partial charge in [-0.2, -0.15) is 4.31 Å². The Morgan fingerprint density at radius 1 is 1.03 bits per heavy atom. The first-order valence-electron chi connectivity index (χ1n) is 9.70. The Bertz CT molecular complexity index is 1300. The van der Waals surface area contributed by atoms with Crippen LogP contribution in [-0.2, 0) is 16.6 Å². The lowest BCUT2D eigenvalue weighted by atomic mass is 10.1. The van der Waals surface area contributed by atoms with Crippen LogP contribution in [0.1, 0.15) is 16.7 Å². The van der Waals surface area contributed by atoms with E-state index in [0.29, 0.717) is 16.9 Å². The quantitative estimate of drug-likeness (QED) is 0.505. The Morgan fingerprint density at radius 3 is 2.31 bits per heavy atom. The predicted octanol–water partition coefficient (Wildman–Crippen LogP) is 5.44. The van der Waals surface area contributed by atoms with Crippen LogP contribution in [0.3, 0.4) is 0 Å². The van der Waals surface area contributed by atoms with Crippen molar-refractivity contribution in [3.63, 3.8) is 0 Å². The Kier molecular flexibility index (Phi) is 5.60. The van der Waals surface area contributed by atoms with Crippen LogP contribution in [0.15, 0.2) is 59.5 Å². The van der Waals surface area contributed by atoms with E-state index < -0.39 is 21.9 Å². The molecule has 4 rings (SSSR count). The van der Waals surface area contributed by atoms with Crippen molar-refractivity contribution in [1.29, 1.82) is 0 Å². The van der Waals surface area contributed by atoms with E-state index in [9.17, 15) is 17.6 Å². The number of para-hydroxylation sites is 1. The summed E-state index contributed by atoms with van der Waals surface area (Å²) in [6.45, 7) is 3.30. The molecule has 166 valence electrons. The second-order valence-corrected chi connectivity index (χ2v) is 9.58. The first-order valence-corrected chi connectivity index (χ1v) is 11.5. The second-order valence-electron chi connectivity index (χ2n) is 7.42. The molecule has 6 nitrogen and oxygen atoms in total. The first kappa shape index (κ1) is 22.1. The number of nitrogens with zero attached hydrogens (tertiary/aromatic N) is 2. The molecule has 0 bridgehead atoms. The average Bonchev–Trinajstić information content (AvgIpc) is 2.73. The summed E-state index contributed by atoms with van der Waals surface area (Å²) in [7, 11) is -2.69. The molecule has 32 heavy (non-hydrogen) atoms. The third-order valence-corrected chi connectivity index (χ3v) is 7.44. The van der Waals surface area contributed by atoms with Gasteiger partial charge in [0.2, 0.25) is 0 Å². The highest BCUT2D eigenvalue weighted by Crippen LogP contribution is 2.40. The SMILES string of the molecule is COc1c(C)cc(N2C(=O)N(Cc3c(F)cccc3Cl)c3ccccc3S2(=O)=O)cc1C. The lowest BCUT2D eigenvalue weighted by Crippen LogP contribution is -2.50. The van der Waals surface area contributed by atoms with Gasteiger partial charge in [-0.1, -0.05) is 29.8 Å². The topological polar surface area (TPSA) is 66.9 Å². The molecule has 0 aromatic heterocycles. The van der Waals surface area contributed by atoms with Gasteiger partial charge in [0.05, 0.1) is 25.0 Å². The summed E-state index contributed by atoms with van der Waals surface area (Å²) in [6.07, 6.45) is 0. The van der Waals surface area contributed by atoms with Crippen molar-refractivity contribution in [2.75, 3.05) is 16.3 Å². The molecular formula is C23H20ClFN2O4S. The van der Waals surface area contributed by atoms with Crippen LogP contribution >= 0.6 is 11.6 Å². The third kappa shape index (κ3) is 3.49. The van der Waals surface area contributed by atoms with E-state index in [2.05, 4.69) is 0 Å². The summed E-state index contributed by atoms with van der Waals surface area (Å²) >= 11 is 6.18. The van der Waals surface area contributed by atoms with Crippen LogP contribution in [-0.4, -0.2) is 21.6 Å². The lowest BCUT2D eigenvalue weighted by molar-refractivity contribution is 0.253. The van der Waals surface area contributed by atoms with Crippen LogP contribution < -0.4 is 13.9 Å². The van der Waals surface area contributed by atoms with Gasteiger partial charge in [0.1, 0.15) is 16.5 Å². The fourth-order valence-electron chi connectivity index (χ4n) is 3.92. The standard InChI is InChI=1S/C23H20ClFN2O4S/c1-14-11-16(12-15(2)22(14)31-3)27-23(28)26(13-17-18(24)7-6-8-19(17)25)20-9-4-5-10-21(20)32(27,29)30/h4-12H,13H2,1-3H3. The second kappa shape index (κ2) is 8.11. The highest BCUT2D eigenvalue weighted by atomic mass is 35.5. The molecule has 9 heteroatoms. The van der Waals surface area contributed by atoms with Crippen LogP contribution in [0.2, 0.25) is 5.02 Å². The highest BCUT2D eigenvalue weighted by molar-refractivity contribution is 7.94. The molecule has 0 spiro atoms. The number of hydrogen-bond donors (Lipinski definition) is 0. The van der Waals surface area contributed by atoms with Gasteiger partial charge in [0, 0.05) is 10.6 Å². The third-order valence-electron chi connectivity index (χ3n) is 5.34. The van der Waals surface area contributed by atoms with Gasteiger partial charge in [-0.15, -0.1) is 0 Å². The predicted molar refractivity (Wildman–Crippen MR) is 122 cm³/mol. The van der Waals surface area contributed by atoms with Crippen molar-refractivity contribution in [2.45, 2.75) is 25.3 Å². The average molecular weight is 475 g/mol. The number of aryl methyl sites for hydroxylation is 2. The molecular weight excluding hydrogens is 455 g/mol. The van der Waals surface area contributed by atoms with Gasteiger partial charge in [-0.3, -0.25) is 4.90 Å². The molecule has 3 aromatic carbocycles. The molecule has 0 aliphatic carbocycles. The zero-order chi connectivity index (χ0) is 23.2. The smallest absolute Gasteiger partial charge is 0.343 e. The number of urea groups is 1. The molecule has 0 fully saturated rings. The molecule has 0 unspecified atom stereocenters. The summed E-state index contributed by atoms with van der Waals surface area (Å²) in [5.74, 6) is 0.0184. The van der Waals surface area contributed by atoms with E-state index in [4.69, 9.17) is 16.3 Å². The van der Waals surface area contributed by atoms with Crippen LogP contribution in [0.25, 0.3) is 0 Å². The number of rotatable bonds is 4. The zero-order valence-electron chi connectivity index (χ0n) is 17.6. The van der Waals surface area contributed by atoms with E-state index in [0.717, 1.165) is 4.31 Å². The van der Waals surface area contributed by atoms with Crippen molar-refractivity contribution in [2.24, 2.45) is 0 Å². The molecule has 1 aliphatic heterocycles. The minimum absolute atomic E-state index is 0.0572. The largest absolute Gasteiger partial charge is 0.496 e. The maximum absolute atomic E-state index is 14.5. The maximum atomic E-state index is 14.5. The number of hydrogen-bond acceptors (Lipinski definition) is 4. The number of sulfonamides is 1. The number of fused-ring (bicyclic) bond motifs is 1. The Labute approximate surface area is 190 Å². The van der Waals surface area contributed by atoms with Crippen molar-refractivity contribution in [3.05, 3.63) is 82.1 Å². The van der Waals surface area contributed by atoms with E-state index in [-0.39, 0.29) is 33.4 Å². The van der Waals surface area contributed by atoms with E-state index in [1.165, 1.54) is 42.3 Å². The number of carbonyl (C=O) groups is 1. The molecule has 0 radical (unpaired) electrons. The first-order chi connectivity index (χ1) is 15.2. The molecule has 2 amide bonds. The van der Waals surface area contributed by atoms with Crippen LogP contribution in [0, 0.1) is 19.7 Å². The van der Waals surface area contributed by atoms with Crippen molar-refractivity contribution in [3.8, 4) is 5.75 Å². The summed E-state index contributed by atoms with van der Waals surface area (Å²) in [6, 6.07) is 12.7. The van der Waals surface area contributed by atoms with Gasteiger partial charge in [-0.05, 0) is 61.4 Å². The molecule has 0 saturated heterocycles.